The van der Waals surface area contributed by atoms with Gasteiger partial charge in [0.1, 0.15) is 4.66 Å². The van der Waals surface area contributed by atoms with E-state index < -0.39 is 5.41 Å². The van der Waals surface area contributed by atoms with Crippen molar-refractivity contribution in [2.75, 3.05) is 0 Å². The van der Waals surface area contributed by atoms with Crippen LogP contribution < -0.4 is 14.8 Å². The fraction of sp³-hybridized carbons (Fsp3) is 0.238. The SMILES string of the molecule is Cn1c(=O)/c(=C\c2ccc(-c3ccccc3Cl)s2)s/c1=C\C(=O)C(C)(C)C. The average Bonchev–Trinajstić information content (AvgIpc) is 3.16. The number of thiophene rings is 1. The Morgan fingerprint density at radius 2 is 1.81 bits per heavy atom. The van der Waals surface area contributed by atoms with Gasteiger partial charge < -0.3 is 4.57 Å². The van der Waals surface area contributed by atoms with Gasteiger partial charge >= 0.3 is 0 Å². The number of hydrogen-bond acceptors (Lipinski definition) is 4. The fourth-order valence-electron chi connectivity index (χ4n) is 2.40. The highest BCUT2D eigenvalue weighted by atomic mass is 35.5. The fourth-order valence-corrected chi connectivity index (χ4v) is 4.78. The van der Waals surface area contributed by atoms with Crippen molar-refractivity contribution in [1.29, 1.82) is 0 Å². The van der Waals surface area contributed by atoms with Gasteiger partial charge in [0.05, 0.1) is 4.53 Å². The largest absolute Gasteiger partial charge is 0.302 e. The molecule has 0 saturated heterocycles. The molecule has 0 unspecified atom stereocenters. The Hall–Kier alpha value is -1.95. The lowest BCUT2D eigenvalue weighted by atomic mass is 9.91. The van der Waals surface area contributed by atoms with Crippen LogP contribution in [0.3, 0.4) is 0 Å². The molecular formula is C21H20ClNO2S2. The summed E-state index contributed by atoms with van der Waals surface area (Å²) in [4.78, 5) is 26.8. The molecule has 6 heteroatoms. The summed E-state index contributed by atoms with van der Waals surface area (Å²) >= 11 is 9.18. The first kappa shape index (κ1) is 19.8. The van der Waals surface area contributed by atoms with Gasteiger partial charge in [0.15, 0.2) is 5.78 Å². The second kappa shape index (κ2) is 7.58. The third kappa shape index (κ3) is 4.32. The third-order valence-corrected chi connectivity index (χ3v) is 6.60. The van der Waals surface area contributed by atoms with E-state index in [9.17, 15) is 9.59 Å². The lowest BCUT2D eigenvalue weighted by Gasteiger charge is -2.12. The zero-order valence-electron chi connectivity index (χ0n) is 15.6. The molecule has 0 atom stereocenters. The number of ketones is 1. The first-order chi connectivity index (χ1) is 12.7. The zero-order valence-corrected chi connectivity index (χ0v) is 18.0. The summed E-state index contributed by atoms with van der Waals surface area (Å²) in [6, 6.07) is 11.7. The molecule has 2 aromatic heterocycles. The molecule has 0 fully saturated rings. The van der Waals surface area contributed by atoms with E-state index in [0.29, 0.717) is 14.2 Å². The molecule has 1 aromatic carbocycles. The smallest absolute Gasteiger partial charge is 0.268 e. The van der Waals surface area contributed by atoms with Gasteiger partial charge in [0.2, 0.25) is 0 Å². The van der Waals surface area contributed by atoms with Crippen LogP contribution in [0.2, 0.25) is 5.02 Å². The Labute approximate surface area is 170 Å². The predicted octanol–water partition coefficient (Wildman–Crippen LogP) is 4.05. The summed E-state index contributed by atoms with van der Waals surface area (Å²) in [6.45, 7) is 5.60. The van der Waals surface area contributed by atoms with Crippen LogP contribution in [0.1, 0.15) is 25.6 Å². The minimum Gasteiger partial charge on any atom is -0.302 e. The van der Waals surface area contributed by atoms with Crippen LogP contribution in [-0.2, 0) is 11.8 Å². The van der Waals surface area contributed by atoms with E-state index in [2.05, 4.69) is 0 Å². The van der Waals surface area contributed by atoms with Gasteiger partial charge in [0, 0.05) is 38.9 Å². The summed E-state index contributed by atoms with van der Waals surface area (Å²) in [5, 5.41) is 0.704. The van der Waals surface area contributed by atoms with Crippen LogP contribution in [0.5, 0.6) is 0 Å². The molecule has 0 aliphatic carbocycles. The third-order valence-electron chi connectivity index (χ3n) is 4.09. The normalized spacial score (nSPS) is 13.4. The average molecular weight is 418 g/mol. The van der Waals surface area contributed by atoms with Gasteiger partial charge in [-0.15, -0.1) is 22.7 Å². The number of benzene rings is 1. The molecule has 3 rings (SSSR count). The highest BCUT2D eigenvalue weighted by molar-refractivity contribution is 7.16. The Bertz CT molecular complexity index is 1180. The molecule has 2 heterocycles. The first-order valence-corrected chi connectivity index (χ1v) is 10.5. The van der Waals surface area contributed by atoms with Crippen molar-refractivity contribution in [2.24, 2.45) is 12.5 Å². The molecule has 0 saturated carbocycles. The van der Waals surface area contributed by atoms with Crippen molar-refractivity contribution in [1.82, 2.24) is 4.57 Å². The number of carbonyl (C=O) groups is 1. The number of nitrogens with zero attached hydrogens (tertiary/aromatic N) is 1. The summed E-state index contributed by atoms with van der Waals surface area (Å²) in [5.41, 5.74) is 0.412. The van der Waals surface area contributed by atoms with Gasteiger partial charge in [0.25, 0.3) is 5.56 Å². The molecule has 0 N–H and O–H groups in total. The quantitative estimate of drug-likeness (QED) is 0.644. The molecular weight excluding hydrogens is 398 g/mol. The van der Waals surface area contributed by atoms with Crippen molar-refractivity contribution < 1.29 is 4.79 Å². The van der Waals surface area contributed by atoms with Gasteiger partial charge in [-0.1, -0.05) is 50.6 Å². The standard InChI is InChI=1S/C21H20ClNO2S2/c1-21(2,3)18(24)12-19-23(4)20(25)17(27-19)11-13-9-10-16(26-13)14-7-5-6-8-15(14)22/h5-12H,1-4H3/b17-11+,19-12-. The van der Waals surface area contributed by atoms with Gasteiger partial charge in [-0.25, -0.2) is 0 Å². The van der Waals surface area contributed by atoms with Crippen molar-refractivity contribution in [3.8, 4) is 10.4 Å². The summed E-state index contributed by atoms with van der Waals surface area (Å²) in [6.07, 6.45) is 3.43. The van der Waals surface area contributed by atoms with Crippen LogP contribution in [0.25, 0.3) is 22.6 Å². The Kier molecular flexibility index (Phi) is 5.56. The Balaban J connectivity index is 2.04. The van der Waals surface area contributed by atoms with E-state index in [1.165, 1.54) is 15.9 Å². The number of hydrogen-bond donors (Lipinski definition) is 0. The van der Waals surface area contributed by atoms with Crippen LogP contribution in [0, 0.1) is 5.41 Å². The van der Waals surface area contributed by atoms with E-state index in [1.807, 2.05) is 63.2 Å². The van der Waals surface area contributed by atoms with Gasteiger partial charge in [-0.05, 0) is 24.3 Å². The number of carbonyl (C=O) groups excluding carboxylic acids is 1. The van der Waals surface area contributed by atoms with Crippen molar-refractivity contribution in [2.45, 2.75) is 20.8 Å². The molecule has 0 spiro atoms. The van der Waals surface area contributed by atoms with E-state index in [0.717, 1.165) is 15.3 Å². The maximum Gasteiger partial charge on any atom is 0.268 e. The summed E-state index contributed by atoms with van der Waals surface area (Å²) in [5.74, 6) is 0.00280. The van der Waals surface area contributed by atoms with Crippen LogP contribution in [0.4, 0.5) is 0 Å². The monoisotopic (exact) mass is 417 g/mol. The van der Waals surface area contributed by atoms with Crippen molar-refractivity contribution in [3.05, 3.63) is 65.8 Å². The molecule has 140 valence electrons. The number of Topliss-reactive ketones (excluding diaryl/α,β-unsaturated/α-hetero) is 1. The van der Waals surface area contributed by atoms with E-state index in [-0.39, 0.29) is 11.3 Å². The number of halogens is 1. The summed E-state index contributed by atoms with van der Waals surface area (Å²) in [7, 11) is 1.70. The zero-order chi connectivity index (χ0) is 19.8. The topological polar surface area (TPSA) is 39.1 Å². The molecule has 0 aliphatic rings. The second-order valence-corrected chi connectivity index (χ2v) is 9.84. The number of rotatable bonds is 3. The molecule has 0 amide bonds. The molecule has 3 nitrogen and oxygen atoms in total. The van der Waals surface area contributed by atoms with Crippen molar-refractivity contribution >= 4 is 52.2 Å². The van der Waals surface area contributed by atoms with Gasteiger partial charge in [-0.2, -0.15) is 0 Å². The lowest BCUT2D eigenvalue weighted by Crippen LogP contribution is -2.29. The highest BCUT2D eigenvalue weighted by Crippen LogP contribution is 2.33. The van der Waals surface area contributed by atoms with E-state index >= 15 is 0 Å². The lowest BCUT2D eigenvalue weighted by molar-refractivity contribution is -0.120. The van der Waals surface area contributed by atoms with E-state index in [4.69, 9.17) is 11.6 Å². The second-order valence-electron chi connectivity index (χ2n) is 7.25. The first-order valence-electron chi connectivity index (χ1n) is 8.45. The molecule has 0 aliphatic heterocycles. The van der Waals surface area contributed by atoms with Crippen molar-refractivity contribution in [3.63, 3.8) is 0 Å². The molecule has 27 heavy (non-hydrogen) atoms. The predicted molar refractivity (Wildman–Crippen MR) is 116 cm³/mol. The highest BCUT2D eigenvalue weighted by Gasteiger charge is 2.19. The van der Waals surface area contributed by atoms with Gasteiger partial charge in [-0.3, -0.25) is 9.59 Å². The Morgan fingerprint density at radius 1 is 1.11 bits per heavy atom. The minimum absolute atomic E-state index is 0.00280. The maximum atomic E-state index is 12.6. The summed E-state index contributed by atoms with van der Waals surface area (Å²) < 4.78 is 2.80. The maximum absolute atomic E-state index is 12.6. The van der Waals surface area contributed by atoms with Crippen LogP contribution >= 0.6 is 34.3 Å². The molecule has 0 bridgehead atoms. The number of aromatic nitrogens is 1. The van der Waals surface area contributed by atoms with Crippen LogP contribution in [-0.4, -0.2) is 10.4 Å². The number of thiazole rings is 1. The Morgan fingerprint density at radius 3 is 2.48 bits per heavy atom. The van der Waals surface area contributed by atoms with E-state index in [1.54, 1.807) is 24.5 Å². The minimum atomic E-state index is -0.471. The van der Waals surface area contributed by atoms with Crippen LogP contribution in [0.15, 0.2) is 41.2 Å². The molecule has 0 radical (unpaired) electrons. The molecule has 3 aromatic rings.